The van der Waals surface area contributed by atoms with Crippen LogP contribution in [0.3, 0.4) is 0 Å². The number of hydrogen-bond donors (Lipinski definition) is 0. The van der Waals surface area contributed by atoms with Crippen LogP contribution in [0.4, 0.5) is 0 Å². The van der Waals surface area contributed by atoms with Crippen molar-refractivity contribution in [1.82, 2.24) is 0 Å². The second kappa shape index (κ2) is 203. The Morgan fingerprint density at radius 2 is 0.167 bits per heavy atom. The monoisotopic (exact) mass is 240 g/mol. The van der Waals surface area contributed by atoms with E-state index in [1.54, 1.807) is 0 Å². The molecule has 0 aliphatic heterocycles. The summed E-state index contributed by atoms with van der Waals surface area (Å²) in [4.78, 5) is 0. The van der Waals surface area contributed by atoms with Crippen LogP contribution in [0.15, 0.2) is 0 Å². The van der Waals surface area contributed by atoms with Gasteiger partial charge >= 0.3 is 118 Å². The molecule has 16 N–H and O–H groups in total. The average molecular weight is 240 g/mol. The standard InChI is InChI=1S/4Na.8H2O.4H/h;;;;8*1H2;;;;. The summed E-state index contributed by atoms with van der Waals surface area (Å²) in [5, 5.41) is 0. The Morgan fingerprint density at radius 1 is 0.167 bits per heavy atom. The zero-order valence-corrected chi connectivity index (χ0v) is 4.00. The Balaban J connectivity index is 0. The van der Waals surface area contributed by atoms with Crippen LogP contribution in [-0.2, 0) is 0 Å². The second-order valence-electron chi connectivity index (χ2n) is 0. The molecule has 0 aliphatic carbocycles. The average Bonchev–Trinajstić information content (AvgIpc) is 0. The molecule has 0 heterocycles. The first-order valence-corrected chi connectivity index (χ1v) is 0. The zero-order chi connectivity index (χ0) is 0. The van der Waals surface area contributed by atoms with Gasteiger partial charge in [-0.3, -0.25) is 0 Å². The van der Waals surface area contributed by atoms with Gasteiger partial charge in [0.25, 0.3) is 0 Å². The van der Waals surface area contributed by atoms with Gasteiger partial charge in [0.05, 0.1) is 0 Å². The molecule has 0 amide bonds. The van der Waals surface area contributed by atoms with E-state index in [1.807, 2.05) is 0 Å². The first-order valence-electron chi connectivity index (χ1n) is 0. The van der Waals surface area contributed by atoms with Crippen LogP contribution < -0.4 is 0 Å². The molecular formula is H20Na4O8. The van der Waals surface area contributed by atoms with Crippen LogP contribution in [0.2, 0.25) is 0 Å². The van der Waals surface area contributed by atoms with Gasteiger partial charge in [0.15, 0.2) is 0 Å². The maximum atomic E-state index is 0. The molecule has 0 saturated heterocycles. The van der Waals surface area contributed by atoms with Crippen molar-refractivity contribution in [2.24, 2.45) is 0 Å². The van der Waals surface area contributed by atoms with Gasteiger partial charge < -0.3 is 43.8 Å². The molecule has 0 spiro atoms. The Labute approximate surface area is 159 Å². The third-order valence-corrected chi connectivity index (χ3v) is 0. The van der Waals surface area contributed by atoms with Crippen molar-refractivity contribution in [3.05, 3.63) is 0 Å². The van der Waals surface area contributed by atoms with Crippen LogP contribution in [-0.4, -0.2) is 162 Å². The number of hydrogen-bond acceptors (Lipinski definition) is 0. The summed E-state index contributed by atoms with van der Waals surface area (Å²) in [5.41, 5.74) is 0. The molecule has 0 aliphatic rings. The molecule has 8 nitrogen and oxygen atoms in total. The van der Waals surface area contributed by atoms with Crippen molar-refractivity contribution < 1.29 is 43.8 Å². The summed E-state index contributed by atoms with van der Waals surface area (Å²) in [7, 11) is 0. The van der Waals surface area contributed by atoms with E-state index >= 15 is 0 Å². The van der Waals surface area contributed by atoms with E-state index in [9.17, 15) is 0 Å². The summed E-state index contributed by atoms with van der Waals surface area (Å²) in [6.45, 7) is 0. The van der Waals surface area contributed by atoms with Gasteiger partial charge in [0.1, 0.15) is 0 Å². The van der Waals surface area contributed by atoms with E-state index in [2.05, 4.69) is 0 Å². The summed E-state index contributed by atoms with van der Waals surface area (Å²) in [6.07, 6.45) is 0. The maximum absolute atomic E-state index is 0. The van der Waals surface area contributed by atoms with E-state index in [-0.39, 0.29) is 162 Å². The van der Waals surface area contributed by atoms with Crippen molar-refractivity contribution in [3.63, 3.8) is 0 Å². The van der Waals surface area contributed by atoms with Crippen LogP contribution in [0.5, 0.6) is 0 Å². The Bertz CT molecular complexity index is 11.0. The fraction of sp³-hybridized carbons (Fsp3) is 0. The minimum absolute atomic E-state index is 0. The van der Waals surface area contributed by atoms with E-state index in [1.165, 1.54) is 0 Å². The molecule has 0 bridgehead atoms. The van der Waals surface area contributed by atoms with Gasteiger partial charge in [-0.05, 0) is 0 Å². The molecule has 0 rings (SSSR count). The zero-order valence-electron chi connectivity index (χ0n) is 4.00. The van der Waals surface area contributed by atoms with Gasteiger partial charge in [-0.1, -0.05) is 0 Å². The summed E-state index contributed by atoms with van der Waals surface area (Å²) in [6, 6.07) is 0. The number of rotatable bonds is 0. The Kier molecular flexibility index (Phi) is 4220. The van der Waals surface area contributed by atoms with E-state index in [0.717, 1.165) is 0 Å². The van der Waals surface area contributed by atoms with E-state index in [4.69, 9.17) is 0 Å². The molecule has 72 valence electrons. The third-order valence-electron chi connectivity index (χ3n) is 0. The minimum atomic E-state index is 0. The van der Waals surface area contributed by atoms with Gasteiger partial charge in [0.2, 0.25) is 0 Å². The van der Waals surface area contributed by atoms with Crippen molar-refractivity contribution in [2.75, 3.05) is 0 Å². The van der Waals surface area contributed by atoms with Crippen LogP contribution >= 0.6 is 0 Å². The molecular weight excluding hydrogens is 220 g/mol. The summed E-state index contributed by atoms with van der Waals surface area (Å²) < 4.78 is 0. The molecule has 0 aromatic rings. The topological polar surface area (TPSA) is 252 Å². The molecule has 0 saturated carbocycles. The van der Waals surface area contributed by atoms with Crippen LogP contribution in [0.25, 0.3) is 0 Å². The van der Waals surface area contributed by atoms with Crippen molar-refractivity contribution in [2.45, 2.75) is 0 Å². The molecule has 0 aromatic carbocycles. The SMILES string of the molecule is O.O.O.O.O.O.O.O.[NaH].[NaH].[NaH].[NaH]. The van der Waals surface area contributed by atoms with Gasteiger partial charge in [0, 0.05) is 0 Å². The molecule has 12 heavy (non-hydrogen) atoms. The quantitative estimate of drug-likeness (QED) is 0.357. The van der Waals surface area contributed by atoms with Gasteiger partial charge in [-0.15, -0.1) is 0 Å². The fourth-order valence-corrected chi connectivity index (χ4v) is 0. The molecule has 0 unspecified atom stereocenters. The van der Waals surface area contributed by atoms with Crippen molar-refractivity contribution in [3.8, 4) is 0 Å². The molecule has 0 radical (unpaired) electrons. The Hall–Kier alpha value is 3.68. The van der Waals surface area contributed by atoms with Crippen LogP contribution in [0.1, 0.15) is 0 Å². The predicted molar refractivity (Wildman–Crippen MR) is 57.5 cm³/mol. The first-order chi connectivity index (χ1) is 0. The van der Waals surface area contributed by atoms with E-state index in [0.29, 0.717) is 0 Å². The summed E-state index contributed by atoms with van der Waals surface area (Å²) in [5.74, 6) is 0. The molecule has 12 heteroatoms. The summed E-state index contributed by atoms with van der Waals surface area (Å²) >= 11 is 0. The van der Waals surface area contributed by atoms with Gasteiger partial charge in [-0.25, -0.2) is 0 Å². The van der Waals surface area contributed by atoms with E-state index < -0.39 is 0 Å². The predicted octanol–water partition coefficient (Wildman–Crippen LogP) is -9.19. The molecule has 0 atom stereocenters. The first kappa shape index (κ1) is 250. The second-order valence-corrected chi connectivity index (χ2v) is 0. The normalized spacial score (nSPS) is 0. The molecule has 0 fully saturated rings. The van der Waals surface area contributed by atoms with Gasteiger partial charge in [-0.2, -0.15) is 0 Å². The fourth-order valence-electron chi connectivity index (χ4n) is 0. The van der Waals surface area contributed by atoms with Crippen molar-refractivity contribution in [1.29, 1.82) is 0 Å². The Morgan fingerprint density at radius 3 is 0.167 bits per heavy atom. The molecule has 0 aromatic heterocycles. The van der Waals surface area contributed by atoms with Crippen molar-refractivity contribution >= 4 is 118 Å². The third kappa shape index (κ3) is 162. The van der Waals surface area contributed by atoms with Crippen LogP contribution in [0, 0.1) is 0 Å².